The average Bonchev–Trinajstić information content (AvgIpc) is 2.71. The fraction of sp³-hybridized carbons (Fsp3) is 0.667. The number of hydrogen-bond acceptors (Lipinski definition) is 4. The van der Waals surface area contributed by atoms with Crippen LogP contribution in [0.5, 0.6) is 5.75 Å². The molecule has 1 heterocycles. The van der Waals surface area contributed by atoms with Gasteiger partial charge >= 0.3 is 6.61 Å². The van der Waals surface area contributed by atoms with Crippen LogP contribution in [0.2, 0.25) is 0 Å². The van der Waals surface area contributed by atoms with Crippen molar-refractivity contribution < 1.29 is 18.3 Å². The summed E-state index contributed by atoms with van der Waals surface area (Å²) in [7, 11) is 3.73. The first kappa shape index (κ1) is 23.3. The maximum absolute atomic E-state index is 12.3. The lowest BCUT2D eigenvalue weighted by Crippen LogP contribution is -2.40. The van der Waals surface area contributed by atoms with Crippen molar-refractivity contribution in [3.63, 3.8) is 0 Å². The van der Waals surface area contributed by atoms with Gasteiger partial charge in [-0.05, 0) is 56.5 Å². The number of halogens is 2. The van der Waals surface area contributed by atoms with E-state index >= 15 is 0 Å². The molecule has 0 aromatic heterocycles. The highest BCUT2D eigenvalue weighted by molar-refractivity contribution is 5.79. The number of hydrogen-bond donors (Lipinski definition) is 1. The van der Waals surface area contributed by atoms with E-state index in [0.29, 0.717) is 12.5 Å². The lowest BCUT2D eigenvalue weighted by atomic mass is 9.97. The summed E-state index contributed by atoms with van der Waals surface area (Å²) in [6.45, 7) is 5.47. The fourth-order valence-corrected chi connectivity index (χ4v) is 3.42. The van der Waals surface area contributed by atoms with Crippen molar-refractivity contribution in [2.45, 2.75) is 32.9 Å². The highest BCUT2D eigenvalue weighted by Gasteiger charge is 2.19. The Kier molecular flexibility index (Phi) is 10.1. The lowest BCUT2D eigenvalue weighted by molar-refractivity contribution is -0.0498. The Morgan fingerprint density at radius 2 is 1.97 bits per heavy atom. The minimum absolute atomic E-state index is 0.170. The molecule has 1 aliphatic rings. The van der Waals surface area contributed by atoms with Crippen LogP contribution in [0.4, 0.5) is 8.78 Å². The molecule has 0 radical (unpaired) electrons. The van der Waals surface area contributed by atoms with E-state index in [9.17, 15) is 8.78 Å². The largest absolute Gasteiger partial charge is 0.435 e. The van der Waals surface area contributed by atoms with E-state index in [4.69, 9.17) is 9.73 Å². The number of methoxy groups -OCH3 is 1. The van der Waals surface area contributed by atoms with Gasteiger partial charge in [-0.15, -0.1) is 0 Å². The molecule has 6 nitrogen and oxygen atoms in total. The van der Waals surface area contributed by atoms with Gasteiger partial charge in [0.15, 0.2) is 5.96 Å². The van der Waals surface area contributed by atoms with Gasteiger partial charge < -0.3 is 24.6 Å². The van der Waals surface area contributed by atoms with Crippen LogP contribution in [0.1, 0.15) is 25.3 Å². The zero-order chi connectivity index (χ0) is 21.1. The van der Waals surface area contributed by atoms with Gasteiger partial charge in [-0.1, -0.05) is 12.1 Å². The third-order valence-electron chi connectivity index (χ3n) is 5.08. The molecule has 1 aromatic carbocycles. The first-order chi connectivity index (χ1) is 14.0. The van der Waals surface area contributed by atoms with Crippen LogP contribution in [0, 0.1) is 5.92 Å². The predicted molar refractivity (Wildman–Crippen MR) is 112 cm³/mol. The summed E-state index contributed by atoms with van der Waals surface area (Å²) in [6, 6.07) is 6.73. The van der Waals surface area contributed by atoms with Crippen molar-refractivity contribution in [2.24, 2.45) is 10.9 Å². The number of benzene rings is 1. The Hall–Kier alpha value is -1.93. The molecule has 1 N–H and O–H groups in total. The molecule has 164 valence electrons. The number of piperidine rings is 1. The molecule has 0 aliphatic carbocycles. The molecule has 8 heteroatoms. The fourth-order valence-electron chi connectivity index (χ4n) is 3.42. The first-order valence-corrected chi connectivity index (χ1v) is 10.3. The molecule has 29 heavy (non-hydrogen) atoms. The Morgan fingerprint density at radius 1 is 1.28 bits per heavy atom. The number of rotatable bonds is 10. The van der Waals surface area contributed by atoms with Crippen LogP contribution in [0.25, 0.3) is 0 Å². The first-order valence-electron chi connectivity index (χ1n) is 10.3. The molecule has 1 fully saturated rings. The molecule has 1 aliphatic heterocycles. The van der Waals surface area contributed by atoms with Gasteiger partial charge in [0.2, 0.25) is 0 Å². The summed E-state index contributed by atoms with van der Waals surface area (Å²) in [6.07, 6.45) is 2.31. The van der Waals surface area contributed by atoms with Gasteiger partial charge in [0.25, 0.3) is 0 Å². The second kappa shape index (κ2) is 12.6. The summed E-state index contributed by atoms with van der Waals surface area (Å²) in [4.78, 5) is 9.34. The number of alkyl halides is 2. The van der Waals surface area contributed by atoms with Crippen LogP contribution >= 0.6 is 0 Å². The van der Waals surface area contributed by atoms with Crippen LogP contribution < -0.4 is 10.1 Å². The van der Waals surface area contributed by atoms with Crippen molar-refractivity contribution in [3.05, 3.63) is 29.8 Å². The zero-order valence-corrected chi connectivity index (χ0v) is 17.7. The number of nitrogens with zero attached hydrogens (tertiary/aromatic N) is 3. The summed E-state index contributed by atoms with van der Waals surface area (Å²) in [5.74, 6) is 1.63. The SMILES string of the molecule is CCNC(=NCC1CCN(CCOC)CC1)N(C)Cc1ccc(OC(F)F)cc1. The van der Waals surface area contributed by atoms with Crippen molar-refractivity contribution in [1.82, 2.24) is 15.1 Å². The number of aliphatic imine (C=N–C) groups is 1. The van der Waals surface area contributed by atoms with Crippen LogP contribution in [0.3, 0.4) is 0 Å². The van der Waals surface area contributed by atoms with Crippen molar-refractivity contribution in [2.75, 3.05) is 53.5 Å². The van der Waals surface area contributed by atoms with Crippen molar-refractivity contribution in [3.8, 4) is 5.75 Å². The topological polar surface area (TPSA) is 49.3 Å². The highest BCUT2D eigenvalue weighted by Crippen LogP contribution is 2.18. The van der Waals surface area contributed by atoms with Crippen LogP contribution in [-0.4, -0.2) is 75.9 Å². The molecule has 1 aromatic rings. The van der Waals surface area contributed by atoms with Gasteiger partial charge in [0.1, 0.15) is 5.75 Å². The number of likely N-dealkylation sites (tertiary alicyclic amines) is 1. The lowest BCUT2D eigenvalue weighted by Gasteiger charge is -2.31. The van der Waals surface area contributed by atoms with E-state index in [0.717, 1.165) is 63.7 Å². The van der Waals surface area contributed by atoms with Gasteiger partial charge in [-0.2, -0.15) is 8.78 Å². The Morgan fingerprint density at radius 3 is 2.55 bits per heavy atom. The average molecular weight is 413 g/mol. The molecule has 0 atom stereocenters. The number of nitrogens with one attached hydrogen (secondary N) is 1. The smallest absolute Gasteiger partial charge is 0.387 e. The normalized spacial score (nSPS) is 16.3. The third kappa shape index (κ3) is 8.53. The number of guanidine groups is 1. The number of ether oxygens (including phenoxy) is 2. The molecule has 0 amide bonds. The minimum Gasteiger partial charge on any atom is -0.435 e. The molecular formula is C21H34F2N4O2. The maximum atomic E-state index is 12.3. The molecule has 1 saturated heterocycles. The van der Waals surface area contributed by atoms with Crippen LogP contribution in [0.15, 0.2) is 29.3 Å². The Labute approximate surface area is 172 Å². The second-order valence-electron chi connectivity index (χ2n) is 7.35. The van der Waals surface area contributed by atoms with E-state index < -0.39 is 6.61 Å². The summed E-state index contributed by atoms with van der Waals surface area (Å²) >= 11 is 0. The van der Waals surface area contributed by atoms with E-state index in [1.165, 1.54) is 0 Å². The molecule has 0 unspecified atom stereocenters. The van der Waals surface area contributed by atoms with E-state index in [-0.39, 0.29) is 5.75 Å². The molecular weight excluding hydrogens is 378 g/mol. The highest BCUT2D eigenvalue weighted by atomic mass is 19.3. The zero-order valence-electron chi connectivity index (χ0n) is 17.7. The van der Waals surface area contributed by atoms with Gasteiger partial charge in [0, 0.05) is 40.3 Å². The van der Waals surface area contributed by atoms with E-state index in [1.807, 2.05) is 14.0 Å². The standard InChI is InChI=1S/C21H34F2N4O2/c1-4-24-21(25-15-17-9-11-27(12-10-17)13-14-28-3)26(2)16-18-5-7-19(8-6-18)29-20(22)23/h5-8,17,20H,4,9-16H2,1-3H3,(H,24,25). The third-order valence-corrected chi connectivity index (χ3v) is 5.08. The Balaban J connectivity index is 1.86. The van der Waals surface area contributed by atoms with Gasteiger partial charge in [-0.3, -0.25) is 4.99 Å². The van der Waals surface area contributed by atoms with Crippen LogP contribution in [-0.2, 0) is 11.3 Å². The van der Waals surface area contributed by atoms with Gasteiger partial charge in [0.05, 0.1) is 6.61 Å². The summed E-state index contributed by atoms with van der Waals surface area (Å²) < 4.78 is 34.1. The summed E-state index contributed by atoms with van der Waals surface area (Å²) in [5, 5.41) is 3.34. The second-order valence-corrected chi connectivity index (χ2v) is 7.35. The quantitative estimate of drug-likeness (QED) is 0.473. The van der Waals surface area contributed by atoms with Crippen molar-refractivity contribution in [1.29, 1.82) is 0 Å². The van der Waals surface area contributed by atoms with Gasteiger partial charge in [-0.25, -0.2) is 0 Å². The monoisotopic (exact) mass is 412 g/mol. The van der Waals surface area contributed by atoms with E-state index in [2.05, 4.69) is 19.9 Å². The minimum atomic E-state index is -2.80. The predicted octanol–water partition coefficient (Wildman–Crippen LogP) is 3.04. The molecule has 0 spiro atoms. The van der Waals surface area contributed by atoms with Crippen molar-refractivity contribution >= 4 is 5.96 Å². The summed E-state index contributed by atoms with van der Waals surface area (Å²) in [5.41, 5.74) is 1.01. The Bertz CT molecular complexity index is 605. The molecule has 2 rings (SSSR count). The van der Waals surface area contributed by atoms with E-state index in [1.54, 1.807) is 31.4 Å². The molecule has 0 bridgehead atoms. The molecule has 0 saturated carbocycles. The maximum Gasteiger partial charge on any atom is 0.387 e.